The summed E-state index contributed by atoms with van der Waals surface area (Å²) in [6.45, 7) is 0.487. The van der Waals surface area contributed by atoms with Crippen molar-refractivity contribution in [1.82, 2.24) is 5.32 Å². The summed E-state index contributed by atoms with van der Waals surface area (Å²) < 4.78 is 4.64. The molecule has 4 heteroatoms. The predicted octanol–water partition coefficient (Wildman–Crippen LogP) is 1.34. The Bertz CT molecular complexity index is 300. The Kier molecular flexibility index (Phi) is 6.03. The number of alkyl carbamates (subject to hydrolysis) is 1. The monoisotopic (exact) mass is 223 g/mol. The van der Waals surface area contributed by atoms with Gasteiger partial charge in [-0.1, -0.05) is 30.3 Å². The molecule has 0 aliphatic rings. The van der Waals surface area contributed by atoms with E-state index in [1.54, 1.807) is 0 Å². The van der Waals surface area contributed by atoms with Crippen LogP contribution in [-0.2, 0) is 11.2 Å². The number of nitrogens with one attached hydrogen (secondary N) is 1. The minimum absolute atomic E-state index is 0.0461. The van der Waals surface area contributed by atoms with Gasteiger partial charge in [-0.3, -0.25) is 0 Å². The highest BCUT2D eigenvalue weighted by Crippen LogP contribution is 2.01. The molecule has 0 aliphatic heterocycles. The van der Waals surface area contributed by atoms with Crippen molar-refractivity contribution in [3.63, 3.8) is 0 Å². The van der Waals surface area contributed by atoms with Gasteiger partial charge in [-0.2, -0.15) is 0 Å². The van der Waals surface area contributed by atoms with Gasteiger partial charge in [-0.15, -0.1) is 0 Å². The summed E-state index contributed by atoms with van der Waals surface area (Å²) in [7, 11) is 0. The maximum atomic E-state index is 11.0. The second-order valence-electron chi connectivity index (χ2n) is 3.38. The molecule has 0 unspecified atom stereocenters. The molecule has 0 saturated carbocycles. The van der Waals surface area contributed by atoms with E-state index in [-0.39, 0.29) is 13.2 Å². The molecular weight excluding hydrogens is 206 g/mol. The van der Waals surface area contributed by atoms with Gasteiger partial charge in [0.2, 0.25) is 0 Å². The maximum Gasteiger partial charge on any atom is 0.407 e. The molecule has 88 valence electrons. The molecule has 16 heavy (non-hydrogen) atoms. The van der Waals surface area contributed by atoms with Crippen LogP contribution in [0.15, 0.2) is 30.3 Å². The third kappa shape index (κ3) is 5.36. The van der Waals surface area contributed by atoms with E-state index in [1.807, 2.05) is 18.2 Å². The maximum absolute atomic E-state index is 11.0. The average Bonchev–Trinajstić information content (AvgIpc) is 2.33. The van der Waals surface area contributed by atoms with E-state index in [0.717, 1.165) is 12.8 Å². The second kappa shape index (κ2) is 7.70. The number of rotatable bonds is 6. The zero-order valence-corrected chi connectivity index (χ0v) is 9.19. The van der Waals surface area contributed by atoms with E-state index in [9.17, 15) is 4.79 Å². The van der Waals surface area contributed by atoms with E-state index in [2.05, 4.69) is 22.2 Å². The minimum atomic E-state index is -0.470. The van der Waals surface area contributed by atoms with Crippen LogP contribution >= 0.6 is 0 Å². The molecule has 1 aromatic carbocycles. The first-order valence-corrected chi connectivity index (χ1v) is 5.38. The number of carbonyl (C=O) groups is 1. The fraction of sp³-hybridized carbons (Fsp3) is 0.417. The van der Waals surface area contributed by atoms with Crippen LogP contribution in [0.1, 0.15) is 12.0 Å². The molecule has 0 saturated heterocycles. The fourth-order valence-electron chi connectivity index (χ4n) is 1.32. The van der Waals surface area contributed by atoms with Crippen molar-refractivity contribution in [1.29, 1.82) is 0 Å². The van der Waals surface area contributed by atoms with Gasteiger partial charge in [0.1, 0.15) is 6.61 Å². The van der Waals surface area contributed by atoms with E-state index in [4.69, 9.17) is 5.11 Å². The number of ether oxygens (including phenoxy) is 1. The minimum Gasteiger partial charge on any atom is -0.447 e. The highest BCUT2D eigenvalue weighted by molar-refractivity contribution is 5.66. The van der Waals surface area contributed by atoms with Gasteiger partial charge < -0.3 is 15.2 Å². The van der Waals surface area contributed by atoms with Crippen molar-refractivity contribution < 1.29 is 14.6 Å². The van der Waals surface area contributed by atoms with Gasteiger partial charge >= 0.3 is 6.09 Å². The van der Waals surface area contributed by atoms with Gasteiger partial charge in [0.15, 0.2) is 0 Å². The average molecular weight is 223 g/mol. The van der Waals surface area contributed by atoms with Crippen molar-refractivity contribution >= 4 is 6.09 Å². The molecule has 2 N–H and O–H groups in total. The summed E-state index contributed by atoms with van der Waals surface area (Å²) in [4.78, 5) is 11.0. The topological polar surface area (TPSA) is 58.6 Å². The molecule has 1 amide bonds. The quantitative estimate of drug-likeness (QED) is 0.715. The molecule has 0 fully saturated rings. The zero-order valence-electron chi connectivity index (χ0n) is 9.19. The molecule has 4 nitrogen and oxygen atoms in total. The first-order chi connectivity index (χ1) is 7.83. The number of carbonyl (C=O) groups excluding carboxylic acids is 1. The van der Waals surface area contributed by atoms with Crippen LogP contribution in [0.3, 0.4) is 0 Å². The molecule has 0 aromatic heterocycles. The van der Waals surface area contributed by atoms with Crippen LogP contribution < -0.4 is 5.32 Å². The van der Waals surface area contributed by atoms with Crippen LogP contribution in [0, 0.1) is 0 Å². The van der Waals surface area contributed by atoms with Crippen molar-refractivity contribution in [2.45, 2.75) is 12.8 Å². The first kappa shape index (κ1) is 12.5. The Labute approximate surface area is 95.2 Å². The molecule has 0 spiro atoms. The smallest absolute Gasteiger partial charge is 0.407 e. The van der Waals surface area contributed by atoms with E-state index < -0.39 is 6.09 Å². The molecule has 1 aromatic rings. The third-order valence-corrected chi connectivity index (χ3v) is 2.08. The summed E-state index contributed by atoms with van der Waals surface area (Å²) in [6.07, 6.45) is 1.33. The Morgan fingerprint density at radius 1 is 1.31 bits per heavy atom. The lowest BCUT2D eigenvalue weighted by molar-refractivity contribution is 0.119. The lowest BCUT2D eigenvalue weighted by Crippen LogP contribution is -2.26. The van der Waals surface area contributed by atoms with Gasteiger partial charge in [0, 0.05) is 6.54 Å². The van der Waals surface area contributed by atoms with E-state index in [1.165, 1.54) is 5.56 Å². The largest absolute Gasteiger partial charge is 0.447 e. The number of benzene rings is 1. The summed E-state index contributed by atoms with van der Waals surface area (Å²) in [5.41, 5.74) is 1.26. The lowest BCUT2D eigenvalue weighted by Gasteiger charge is -2.05. The van der Waals surface area contributed by atoms with Crippen molar-refractivity contribution in [2.75, 3.05) is 19.8 Å². The second-order valence-corrected chi connectivity index (χ2v) is 3.38. The molecule has 1 rings (SSSR count). The SMILES string of the molecule is O=C(NCCCc1ccccc1)OCCO. The van der Waals surface area contributed by atoms with Gasteiger partial charge in [-0.25, -0.2) is 4.79 Å². The van der Waals surface area contributed by atoms with E-state index >= 15 is 0 Å². The number of amides is 1. The number of aliphatic hydroxyl groups excluding tert-OH is 1. The number of hydrogen-bond donors (Lipinski definition) is 2. The molecular formula is C12H17NO3. The van der Waals surface area contributed by atoms with Gasteiger partial charge in [0.05, 0.1) is 6.61 Å². The Balaban J connectivity index is 2.06. The summed E-state index contributed by atoms with van der Waals surface area (Å²) in [5.74, 6) is 0. The highest BCUT2D eigenvalue weighted by Gasteiger charge is 1.99. The lowest BCUT2D eigenvalue weighted by atomic mass is 10.1. The highest BCUT2D eigenvalue weighted by atomic mass is 16.6. The number of hydrogen-bond acceptors (Lipinski definition) is 3. The Morgan fingerprint density at radius 3 is 2.75 bits per heavy atom. The third-order valence-electron chi connectivity index (χ3n) is 2.08. The summed E-state index contributed by atoms with van der Waals surface area (Å²) in [6, 6.07) is 10.1. The van der Waals surface area contributed by atoms with Crippen LogP contribution in [0.5, 0.6) is 0 Å². The fourth-order valence-corrected chi connectivity index (χ4v) is 1.32. The predicted molar refractivity (Wildman–Crippen MR) is 61.2 cm³/mol. The summed E-state index contributed by atoms with van der Waals surface area (Å²) >= 11 is 0. The molecule has 0 atom stereocenters. The van der Waals surface area contributed by atoms with Gasteiger partial charge in [0.25, 0.3) is 0 Å². The summed E-state index contributed by atoms with van der Waals surface area (Å²) in [5, 5.41) is 11.0. The molecule has 0 bridgehead atoms. The zero-order chi connectivity index (χ0) is 11.6. The molecule has 0 aliphatic carbocycles. The standard InChI is InChI=1S/C12H17NO3/c14-9-10-16-12(15)13-8-4-7-11-5-2-1-3-6-11/h1-3,5-6,14H,4,7-10H2,(H,13,15). The number of aryl methyl sites for hydroxylation is 1. The van der Waals surface area contributed by atoms with Crippen LogP contribution in [0.25, 0.3) is 0 Å². The van der Waals surface area contributed by atoms with Gasteiger partial charge in [-0.05, 0) is 18.4 Å². The van der Waals surface area contributed by atoms with Crippen molar-refractivity contribution in [3.8, 4) is 0 Å². The van der Waals surface area contributed by atoms with Crippen LogP contribution in [-0.4, -0.2) is 31.0 Å². The molecule has 0 radical (unpaired) electrons. The van der Waals surface area contributed by atoms with Crippen molar-refractivity contribution in [3.05, 3.63) is 35.9 Å². The normalized spacial score (nSPS) is 9.81. The first-order valence-electron chi connectivity index (χ1n) is 5.38. The van der Waals surface area contributed by atoms with Crippen LogP contribution in [0.2, 0.25) is 0 Å². The number of aliphatic hydroxyl groups is 1. The van der Waals surface area contributed by atoms with Crippen molar-refractivity contribution in [2.24, 2.45) is 0 Å². The molecule has 0 heterocycles. The Morgan fingerprint density at radius 2 is 2.06 bits per heavy atom. The van der Waals surface area contributed by atoms with Crippen LogP contribution in [0.4, 0.5) is 4.79 Å². The van der Waals surface area contributed by atoms with E-state index in [0.29, 0.717) is 6.54 Å². The Hall–Kier alpha value is -1.55.